The van der Waals surface area contributed by atoms with Crippen molar-refractivity contribution in [3.8, 4) is 0 Å². The molecule has 0 radical (unpaired) electrons. The highest BCUT2D eigenvalue weighted by molar-refractivity contribution is 5.39. The lowest BCUT2D eigenvalue weighted by Crippen LogP contribution is -2.19. The standard InChI is InChI=1S/C22H38/c1-15(2)11-20(16(3)4)17-12-18(21(5,6)7)14-19(13-17)22(8,9)10/h12-16,20H,11H2,1-10H3. The minimum Gasteiger partial charge on any atom is -0.0628 e. The first-order valence-corrected chi connectivity index (χ1v) is 8.98. The summed E-state index contributed by atoms with van der Waals surface area (Å²) >= 11 is 0. The van der Waals surface area contributed by atoms with E-state index in [0.717, 1.165) is 5.92 Å². The minimum absolute atomic E-state index is 0.204. The van der Waals surface area contributed by atoms with E-state index < -0.39 is 0 Å². The molecule has 22 heavy (non-hydrogen) atoms. The molecule has 0 aliphatic carbocycles. The third-order valence-electron chi connectivity index (χ3n) is 4.65. The molecular formula is C22H38. The summed E-state index contributed by atoms with van der Waals surface area (Å²) in [6.07, 6.45) is 1.27. The molecule has 1 atom stereocenters. The molecule has 0 aliphatic rings. The van der Waals surface area contributed by atoms with Crippen LogP contribution in [0.1, 0.15) is 98.3 Å². The van der Waals surface area contributed by atoms with Crippen molar-refractivity contribution in [3.05, 3.63) is 34.9 Å². The van der Waals surface area contributed by atoms with Crippen molar-refractivity contribution in [2.24, 2.45) is 11.8 Å². The monoisotopic (exact) mass is 302 g/mol. The highest BCUT2D eigenvalue weighted by atomic mass is 14.3. The Kier molecular flexibility index (Phi) is 5.93. The van der Waals surface area contributed by atoms with Gasteiger partial charge < -0.3 is 0 Å². The van der Waals surface area contributed by atoms with Gasteiger partial charge in [-0.2, -0.15) is 0 Å². The van der Waals surface area contributed by atoms with Gasteiger partial charge in [-0.15, -0.1) is 0 Å². The average Bonchev–Trinajstić information content (AvgIpc) is 2.32. The van der Waals surface area contributed by atoms with Crippen LogP contribution in [0.25, 0.3) is 0 Å². The zero-order chi connectivity index (χ0) is 17.3. The number of benzene rings is 1. The van der Waals surface area contributed by atoms with Crippen LogP contribution in [0.3, 0.4) is 0 Å². The highest BCUT2D eigenvalue weighted by Gasteiger charge is 2.24. The van der Waals surface area contributed by atoms with Gasteiger partial charge in [-0.3, -0.25) is 0 Å². The van der Waals surface area contributed by atoms with Gasteiger partial charge in [0.15, 0.2) is 0 Å². The normalized spacial score (nSPS) is 14.7. The topological polar surface area (TPSA) is 0 Å². The minimum atomic E-state index is 0.204. The Morgan fingerprint density at radius 1 is 0.727 bits per heavy atom. The van der Waals surface area contributed by atoms with Crippen LogP contribution in [-0.2, 0) is 10.8 Å². The molecule has 126 valence electrons. The fraction of sp³-hybridized carbons (Fsp3) is 0.727. The third kappa shape index (κ3) is 5.14. The van der Waals surface area contributed by atoms with Gasteiger partial charge in [-0.05, 0) is 51.7 Å². The maximum Gasteiger partial charge on any atom is -0.0132 e. The van der Waals surface area contributed by atoms with Gasteiger partial charge in [-0.25, -0.2) is 0 Å². The fourth-order valence-electron chi connectivity index (χ4n) is 3.03. The molecule has 0 nitrogen and oxygen atoms in total. The zero-order valence-corrected chi connectivity index (χ0v) is 16.7. The summed E-state index contributed by atoms with van der Waals surface area (Å²) < 4.78 is 0. The van der Waals surface area contributed by atoms with Crippen molar-refractivity contribution in [3.63, 3.8) is 0 Å². The smallest absolute Gasteiger partial charge is 0.0132 e. The Morgan fingerprint density at radius 2 is 1.14 bits per heavy atom. The molecule has 0 aliphatic heterocycles. The quantitative estimate of drug-likeness (QED) is 0.558. The van der Waals surface area contributed by atoms with E-state index in [2.05, 4.69) is 87.4 Å². The second-order valence-corrected chi connectivity index (χ2v) is 9.82. The molecule has 0 fully saturated rings. The second kappa shape index (κ2) is 6.77. The summed E-state index contributed by atoms with van der Waals surface area (Å²) in [5, 5.41) is 0. The molecule has 0 heterocycles. The molecule has 0 N–H and O–H groups in total. The van der Waals surface area contributed by atoms with Crippen LogP contribution in [0.15, 0.2) is 18.2 Å². The lowest BCUT2D eigenvalue weighted by molar-refractivity contribution is 0.406. The lowest BCUT2D eigenvalue weighted by Gasteiger charge is -2.30. The Hall–Kier alpha value is -0.780. The van der Waals surface area contributed by atoms with E-state index in [9.17, 15) is 0 Å². The molecular weight excluding hydrogens is 264 g/mol. The first kappa shape index (κ1) is 19.3. The van der Waals surface area contributed by atoms with Crippen molar-refractivity contribution in [2.45, 2.75) is 92.4 Å². The summed E-state index contributed by atoms with van der Waals surface area (Å²) in [5.74, 6) is 2.08. The predicted molar refractivity (Wildman–Crippen MR) is 101 cm³/mol. The van der Waals surface area contributed by atoms with E-state index in [0.29, 0.717) is 11.8 Å². The maximum absolute atomic E-state index is 2.47. The Balaban J connectivity index is 3.45. The SMILES string of the molecule is CC(C)CC(c1cc(C(C)(C)C)cc(C(C)(C)C)c1)C(C)C. The van der Waals surface area contributed by atoms with Crippen LogP contribution >= 0.6 is 0 Å². The average molecular weight is 303 g/mol. The number of hydrogen-bond donors (Lipinski definition) is 0. The van der Waals surface area contributed by atoms with Gasteiger partial charge in [0.2, 0.25) is 0 Å². The summed E-state index contributed by atoms with van der Waals surface area (Å²) in [6.45, 7) is 23.4. The van der Waals surface area contributed by atoms with Crippen molar-refractivity contribution < 1.29 is 0 Å². The molecule has 1 unspecified atom stereocenters. The molecule has 0 amide bonds. The molecule has 0 heteroatoms. The third-order valence-corrected chi connectivity index (χ3v) is 4.65. The Bertz CT molecular complexity index is 445. The van der Waals surface area contributed by atoms with Crippen molar-refractivity contribution in [1.29, 1.82) is 0 Å². The Labute approximate surface area is 139 Å². The van der Waals surface area contributed by atoms with Crippen LogP contribution in [0.2, 0.25) is 0 Å². The van der Waals surface area contributed by atoms with Crippen molar-refractivity contribution in [1.82, 2.24) is 0 Å². The van der Waals surface area contributed by atoms with E-state index in [-0.39, 0.29) is 10.8 Å². The molecule has 0 spiro atoms. The van der Waals surface area contributed by atoms with Gasteiger partial charge in [0.25, 0.3) is 0 Å². The van der Waals surface area contributed by atoms with Crippen LogP contribution < -0.4 is 0 Å². The maximum atomic E-state index is 2.47. The summed E-state index contributed by atoms with van der Waals surface area (Å²) in [5.41, 5.74) is 4.90. The van der Waals surface area contributed by atoms with Gasteiger partial charge >= 0.3 is 0 Å². The fourth-order valence-corrected chi connectivity index (χ4v) is 3.03. The van der Waals surface area contributed by atoms with Crippen molar-refractivity contribution in [2.75, 3.05) is 0 Å². The van der Waals surface area contributed by atoms with E-state index in [1.165, 1.54) is 17.5 Å². The summed E-state index contributed by atoms with van der Waals surface area (Å²) in [4.78, 5) is 0. The second-order valence-electron chi connectivity index (χ2n) is 9.82. The van der Waals surface area contributed by atoms with E-state index in [1.807, 2.05) is 0 Å². The summed E-state index contributed by atoms with van der Waals surface area (Å²) in [6, 6.07) is 7.38. The van der Waals surface area contributed by atoms with Crippen LogP contribution in [0, 0.1) is 11.8 Å². The van der Waals surface area contributed by atoms with Gasteiger partial charge in [-0.1, -0.05) is 87.4 Å². The highest BCUT2D eigenvalue weighted by Crippen LogP contribution is 2.37. The lowest BCUT2D eigenvalue weighted by atomic mass is 9.75. The van der Waals surface area contributed by atoms with E-state index in [4.69, 9.17) is 0 Å². The van der Waals surface area contributed by atoms with Crippen LogP contribution in [-0.4, -0.2) is 0 Å². The van der Waals surface area contributed by atoms with E-state index in [1.54, 1.807) is 5.56 Å². The van der Waals surface area contributed by atoms with Gasteiger partial charge in [0, 0.05) is 0 Å². The van der Waals surface area contributed by atoms with Crippen LogP contribution in [0.5, 0.6) is 0 Å². The number of hydrogen-bond acceptors (Lipinski definition) is 0. The first-order chi connectivity index (χ1) is 9.82. The molecule has 1 aromatic rings. The molecule has 1 aromatic carbocycles. The molecule has 0 saturated heterocycles. The predicted octanol–water partition coefficient (Wildman–Crippen LogP) is 7.07. The van der Waals surface area contributed by atoms with Crippen molar-refractivity contribution >= 4 is 0 Å². The van der Waals surface area contributed by atoms with E-state index >= 15 is 0 Å². The molecule has 1 rings (SSSR count). The van der Waals surface area contributed by atoms with Gasteiger partial charge in [0.05, 0.1) is 0 Å². The van der Waals surface area contributed by atoms with Crippen LogP contribution in [0.4, 0.5) is 0 Å². The van der Waals surface area contributed by atoms with Gasteiger partial charge in [0.1, 0.15) is 0 Å². The number of rotatable bonds is 4. The largest absolute Gasteiger partial charge is 0.0628 e. The molecule has 0 saturated carbocycles. The first-order valence-electron chi connectivity index (χ1n) is 8.98. The Morgan fingerprint density at radius 3 is 1.41 bits per heavy atom. The molecule has 0 bridgehead atoms. The summed E-state index contributed by atoms with van der Waals surface area (Å²) in [7, 11) is 0. The molecule has 0 aromatic heterocycles. The zero-order valence-electron chi connectivity index (χ0n) is 16.7.